The second-order valence-corrected chi connectivity index (χ2v) is 6.47. The van der Waals surface area contributed by atoms with Crippen LogP contribution >= 0.6 is 27.5 Å². The van der Waals surface area contributed by atoms with Crippen LogP contribution in [0.5, 0.6) is 11.5 Å². The first kappa shape index (κ1) is 17.8. The first-order valence-corrected chi connectivity index (χ1v) is 8.65. The fraction of sp³-hybridized carbons (Fsp3) is 0.167. The van der Waals surface area contributed by atoms with E-state index in [1.54, 1.807) is 30.3 Å². The Labute approximate surface area is 157 Å². The normalized spacial score (nSPS) is 10.9. The van der Waals surface area contributed by atoms with E-state index in [1.807, 2.05) is 0 Å². The average molecular weight is 425 g/mol. The Hall–Kier alpha value is -2.02. The van der Waals surface area contributed by atoms with Gasteiger partial charge in [0.1, 0.15) is 23.9 Å². The molecule has 3 rings (SSSR count). The predicted molar refractivity (Wildman–Crippen MR) is 102 cm³/mol. The molecule has 0 saturated heterocycles. The highest BCUT2D eigenvalue weighted by Gasteiger charge is 2.16. The fourth-order valence-electron chi connectivity index (χ4n) is 2.45. The number of halogens is 2. The Morgan fingerprint density at radius 2 is 2.04 bits per heavy atom. The lowest BCUT2D eigenvalue weighted by Gasteiger charge is -2.13. The second kappa shape index (κ2) is 7.47. The van der Waals surface area contributed by atoms with Crippen LogP contribution in [0.15, 0.2) is 50.1 Å². The molecular formula is C18H15BrClNO4. The van der Waals surface area contributed by atoms with Crippen LogP contribution in [0.2, 0.25) is 5.02 Å². The fourth-order valence-corrected chi connectivity index (χ4v) is 3.10. The van der Waals surface area contributed by atoms with Crippen molar-refractivity contribution in [1.29, 1.82) is 0 Å². The van der Waals surface area contributed by atoms with Crippen LogP contribution in [-0.2, 0) is 0 Å². The molecule has 2 N–H and O–H groups in total. The van der Waals surface area contributed by atoms with Crippen molar-refractivity contribution < 1.29 is 13.9 Å². The molecule has 0 unspecified atom stereocenters. The summed E-state index contributed by atoms with van der Waals surface area (Å²) in [6.45, 7) is 0.742. The zero-order valence-electron chi connectivity index (χ0n) is 13.3. The standard InChI is InChI=1S/C18H15BrClNO4/c1-23-15-8-12(19)17(24-6-5-21)7-11(15)16-9-14(22)10-3-2-4-13(20)18(10)25-16/h2-4,7-9H,5-6,21H2,1H3. The Balaban J connectivity index is 2.23. The van der Waals surface area contributed by atoms with Gasteiger partial charge in [0.05, 0.1) is 27.6 Å². The van der Waals surface area contributed by atoms with Crippen molar-refractivity contribution in [3.63, 3.8) is 0 Å². The zero-order valence-corrected chi connectivity index (χ0v) is 15.7. The van der Waals surface area contributed by atoms with Gasteiger partial charge in [-0.25, -0.2) is 0 Å². The van der Waals surface area contributed by atoms with Gasteiger partial charge in [-0.1, -0.05) is 17.7 Å². The van der Waals surface area contributed by atoms with Gasteiger partial charge in [0.15, 0.2) is 11.0 Å². The molecule has 0 saturated carbocycles. The minimum absolute atomic E-state index is 0.187. The molecule has 0 aliphatic heterocycles. The van der Waals surface area contributed by atoms with Gasteiger partial charge in [-0.3, -0.25) is 4.79 Å². The van der Waals surface area contributed by atoms with Gasteiger partial charge >= 0.3 is 0 Å². The molecule has 0 aliphatic carbocycles. The summed E-state index contributed by atoms with van der Waals surface area (Å²) in [5.41, 5.74) is 6.22. The molecule has 0 fully saturated rings. The van der Waals surface area contributed by atoms with Gasteiger partial charge in [0, 0.05) is 12.6 Å². The Morgan fingerprint density at radius 3 is 2.76 bits per heavy atom. The SMILES string of the molecule is COc1cc(Br)c(OCCN)cc1-c1cc(=O)c2cccc(Cl)c2o1. The third-order valence-corrected chi connectivity index (χ3v) is 4.52. The number of nitrogens with two attached hydrogens (primary N) is 1. The van der Waals surface area contributed by atoms with Crippen molar-refractivity contribution in [2.24, 2.45) is 5.73 Å². The van der Waals surface area contributed by atoms with E-state index < -0.39 is 0 Å². The summed E-state index contributed by atoms with van der Waals surface area (Å²) in [5, 5.41) is 0.791. The van der Waals surface area contributed by atoms with Crippen molar-refractivity contribution in [2.45, 2.75) is 0 Å². The molecule has 0 atom stereocenters. The number of benzene rings is 2. The summed E-state index contributed by atoms with van der Waals surface area (Å²) in [7, 11) is 1.54. The Morgan fingerprint density at radius 1 is 1.24 bits per heavy atom. The molecule has 25 heavy (non-hydrogen) atoms. The Kier molecular flexibility index (Phi) is 5.32. The third-order valence-electron chi connectivity index (χ3n) is 3.60. The predicted octanol–water partition coefficient (Wildman–Crippen LogP) is 4.22. The van der Waals surface area contributed by atoms with Crippen LogP contribution in [0, 0.1) is 0 Å². The van der Waals surface area contributed by atoms with Crippen LogP contribution in [0.3, 0.4) is 0 Å². The highest BCUT2D eigenvalue weighted by Crippen LogP contribution is 2.39. The molecule has 1 aromatic heterocycles. The molecular weight excluding hydrogens is 410 g/mol. The number of methoxy groups -OCH3 is 1. The molecule has 0 amide bonds. The Bertz CT molecular complexity index is 987. The van der Waals surface area contributed by atoms with Crippen molar-refractivity contribution in [1.82, 2.24) is 0 Å². The average Bonchev–Trinajstić information content (AvgIpc) is 2.61. The van der Waals surface area contributed by atoms with Gasteiger partial charge in [0.2, 0.25) is 0 Å². The molecule has 0 radical (unpaired) electrons. The van der Waals surface area contributed by atoms with E-state index in [4.69, 9.17) is 31.2 Å². The molecule has 7 heteroatoms. The van der Waals surface area contributed by atoms with E-state index in [-0.39, 0.29) is 5.43 Å². The largest absolute Gasteiger partial charge is 0.496 e. The quantitative estimate of drug-likeness (QED) is 0.664. The van der Waals surface area contributed by atoms with E-state index in [0.29, 0.717) is 56.4 Å². The van der Waals surface area contributed by atoms with Crippen LogP contribution in [0.1, 0.15) is 0 Å². The van der Waals surface area contributed by atoms with Crippen molar-refractivity contribution in [2.75, 3.05) is 20.3 Å². The number of rotatable bonds is 5. The van der Waals surface area contributed by atoms with Crippen molar-refractivity contribution >= 4 is 38.5 Å². The maximum Gasteiger partial charge on any atom is 0.193 e. The summed E-state index contributed by atoms with van der Waals surface area (Å²) >= 11 is 9.61. The molecule has 3 aromatic rings. The minimum Gasteiger partial charge on any atom is -0.496 e. The van der Waals surface area contributed by atoms with Crippen LogP contribution < -0.4 is 20.6 Å². The van der Waals surface area contributed by atoms with Gasteiger partial charge < -0.3 is 19.6 Å². The zero-order chi connectivity index (χ0) is 18.0. The van der Waals surface area contributed by atoms with Crippen LogP contribution in [0.25, 0.3) is 22.3 Å². The molecule has 0 bridgehead atoms. The van der Waals surface area contributed by atoms with Crippen LogP contribution in [-0.4, -0.2) is 20.3 Å². The summed E-state index contributed by atoms with van der Waals surface area (Å²) in [5.74, 6) is 1.44. The second-order valence-electron chi connectivity index (χ2n) is 5.21. The number of para-hydroxylation sites is 1. The smallest absolute Gasteiger partial charge is 0.193 e. The molecule has 130 valence electrons. The third kappa shape index (κ3) is 3.51. The number of hydrogen-bond acceptors (Lipinski definition) is 5. The van der Waals surface area contributed by atoms with Gasteiger partial charge in [-0.15, -0.1) is 0 Å². The van der Waals surface area contributed by atoms with E-state index in [9.17, 15) is 4.79 Å². The van der Waals surface area contributed by atoms with Gasteiger partial charge in [-0.05, 0) is 40.2 Å². The molecule has 2 aromatic carbocycles. The summed E-state index contributed by atoms with van der Waals surface area (Å²) in [4.78, 5) is 12.4. The molecule has 0 spiro atoms. The number of hydrogen-bond donors (Lipinski definition) is 1. The van der Waals surface area contributed by atoms with Crippen LogP contribution in [0.4, 0.5) is 0 Å². The lowest BCUT2D eigenvalue weighted by atomic mass is 10.1. The summed E-state index contributed by atoms with van der Waals surface area (Å²) in [6, 6.07) is 9.95. The monoisotopic (exact) mass is 423 g/mol. The molecule has 0 aliphatic rings. The van der Waals surface area contributed by atoms with E-state index in [0.717, 1.165) is 0 Å². The first-order valence-electron chi connectivity index (χ1n) is 7.48. The highest BCUT2D eigenvalue weighted by molar-refractivity contribution is 9.10. The van der Waals surface area contributed by atoms with E-state index >= 15 is 0 Å². The summed E-state index contributed by atoms with van der Waals surface area (Å²) in [6.07, 6.45) is 0. The first-order chi connectivity index (χ1) is 12.0. The molecule has 1 heterocycles. The number of fused-ring (bicyclic) bond motifs is 1. The van der Waals surface area contributed by atoms with Gasteiger partial charge in [0.25, 0.3) is 0 Å². The maximum absolute atomic E-state index is 12.4. The van der Waals surface area contributed by atoms with E-state index in [2.05, 4.69) is 15.9 Å². The van der Waals surface area contributed by atoms with Crippen molar-refractivity contribution in [3.05, 3.63) is 56.1 Å². The number of ether oxygens (including phenoxy) is 2. The topological polar surface area (TPSA) is 74.7 Å². The lowest BCUT2D eigenvalue weighted by molar-refractivity contribution is 0.325. The lowest BCUT2D eigenvalue weighted by Crippen LogP contribution is -2.11. The van der Waals surface area contributed by atoms with E-state index in [1.165, 1.54) is 13.2 Å². The van der Waals surface area contributed by atoms with Crippen molar-refractivity contribution in [3.8, 4) is 22.8 Å². The maximum atomic E-state index is 12.4. The highest BCUT2D eigenvalue weighted by atomic mass is 79.9. The summed E-state index contributed by atoms with van der Waals surface area (Å²) < 4.78 is 17.6. The minimum atomic E-state index is -0.187. The van der Waals surface area contributed by atoms with Gasteiger partial charge in [-0.2, -0.15) is 0 Å². The molecule has 5 nitrogen and oxygen atoms in total.